The lowest BCUT2D eigenvalue weighted by Crippen LogP contribution is -2.53. The van der Waals surface area contributed by atoms with E-state index in [1.54, 1.807) is 0 Å². The van der Waals surface area contributed by atoms with Crippen molar-refractivity contribution in [2.24, 2.45) is 5.92 Å². The Kier molecular flexibility index (Phi) is 5.31. The van der Waals surface area contributed by atoms with Crippen molar-refractivity contribution in [2.75, 3.05) is 40.3 Å². The monoisotopic (exact) mass is 295 g/mol. The van der Waals surface area contributed by atoms with Crippen molar-refractivity contribution in [3.05, 3.63) is 0 Å². The number of hydrogen-bond acceptors (Lipinski definition) is 3. The summed E-state index contributed by atoms with van der Waals surface area (Å²) in [5.74, 6) is 1.12. The van der Waals surface area contributed by atoms with Crippen LogP contribution in [0.15, 0.2) is 0 Å². The third-order valence-electron chi connectivity index (χ3n) is 5.50. The molecule has 1 aliphatic carbocycles. The Labute approximate surface area is 130 Å². The maximum atomic E-state index is 11.8. The van der Waals surface area contributed by atoms with Crippen LogP contribution in [0.4, 0.5) is 0 Å². The summed E-state index contributed by atoms with van der Waals surface area (Å²) in [5.41, 5.74) is 0.265. The molecule has 1 saturated heterocycles. The Morgan fingerprint density at radius 3 is 2.29 bits per heavy atom. The van der Waals surface area contributed by atoms with Crippen molar-refractivity contribution in [3.63, 3.8) is 0 Å². The second kappa shape index (κ2) is 6.66. The highest BCUT2D eigenvalue weighted by atomic mass is 16.2. The molecular formula is C17H33N3O. The second-order valence-electron chi connectivity index (χ2n) is 8.01. The minimum atomic E-state index is 0.265. The summed E-state index contributed by atoms with van der Waals surface area (Å²) >= 11 is 0. The zero-order valence-corrected chi connectivity index (χ0v) is 14.6. The van der Waals surface area contributed by atoms with Gasteiger partial charge in [-0.15, -0.1) is 0 Å². The Bertz CT molecular complexity index is 356. The topological polar surface area (TPSA) is 26.8 Å². The van der Waals surface area contributed by atoms with E-state index in [-0.39, 0.29) is 11.4 Å². The molecule has 21 heavy (non-hydrogen) atoms. The molecule has 4 nitrogen and oxygen atoms in total. The van der Waals surface area contributed by atoms with E-state index in [1.807, 2.05) is 11.9 Å². The predicted octanol–water partition coefficient (Wildman–Crippen LogP) is 2.05. The van der Waals surface area contributed by atoms with E-state index in [9.17, 15) is 4.79 Å². The first-order valence-corrected chi connectivity index (χ1v) is 8.46. The smallest absolute Gasteiger partial charge is 0.236 e. The molecule has 0 aromatic heterocycles. The predicted molar refractivity (Wildman–Crippen MR) is 87.3 cm³/mol. The van der Waals surface area contributed by atoms with Crippen LogP contribution in [-0.4, -0.2) is 72.5 Å². The summed E-state index contributed by atoms with van der Waals surface area (Å²) in [4.78, 5) is 18.6. The van der Waals surface area contributed by atoms with Gasteiger partial charge < -0.3 is 9.80 Å². The van der Waals surface area contributed by atoms with Crippen LogP contribution in [0.5, 0.6) is 0 Å². The van der Waals surface area contributed by atoms with Gasteiger partial charge in [0.05, 0.1) is 6.54 Å². The van der Waals surface area contributed by atoms with Crippen LogP contribution in [0.3, 0.4) is 0 Å². The van der Waals surface area contributed by atoms with Crippen LogP contribution >= 0.6 is 0 Å². The third-order valence-corrected chi connectivity index (χ3v) is 5.50. The minimum absolute atomic E-state index is 0.265. The van der Waals surface area contributed by atoms with Crippen molar-refractivity contribution in [3.8, 4) is 0 Å². The number of rotatable bonds is 3. The fourth-order valence-corrected chi connectivity index (χ4v) is 3.44. The molecule has 1 heterocycles. The van der Waals surface area contributed by atoms with Gasteiger partial charge in [-0.3, -0.25) is 9.69 Å². The Hall–Kier alpha value is -0.610. The van der Waals surface area contributed by atoms with Crippen LogP contribution in [0.2, 0.25) is 0 Å². The van der Waals surface area contributed by atoms with Crippen LogP contribution in [0, 0.1) is 5.92 Å². The van der Waals surface area contributed by atoms with Crippen molar-refractivity contribution >= 4 is 5.91 Å². The van der Waals surface area contributed by atoms with Gasteiger partial charge in [0.1, 0.15) is 0 Å². The zero-order chi connectivity index (χ0) is 15.6. The van der Waals surface area contributed by atoms with Crippen LogP contribution in [0.25, 0.3) is 0 Å². The molecular weight excluding hydrogens is 262 g/mol. The number of carbonyl (C=O) groups is 1. The molecule has 0 radical (unpaired) electrons. The highest BCUT2D eigenvalue weighted by Gasteiger charge is 2.31. The first-order valence-electron chi connectivity index (χ1n) is 8.46. The molecule has 0 aromatic rings. The maximum absolute atomic E-state index is 11.8. The van der Waals surface area contributed by atoms with E-state index < -0.39 is 0 Å². The molecule has 0 unspecified atom stereocenters. The summed E-state index contributed by atoms with van der Waals surface area (Å²) in [6, 6.07) is 0.638. The lowest BCUT2D eigenvalue weighted by molar-refractivity contribution is -0.135. The second-order valence-corrected chi connectivity index (χ2v) is 8.01. The van der Waals surface area contributed by atoms with Crippen LogP contribution in [0.1, 0.15) is 46.5 Å². The minimum Gasteiger partial charge on any atom is -0.343 e. The molecule has 1 aliphatic heterocycles. The highest BCUT2D eigenvalue weighted by molar-refractivity contribution is 5.78. The molecule has 2 fully saturated rings. The van der Waals surface area contributed by atoms with Gasteiger partial charge in [-0.25, -0.2) is 0 Å². The summed E-state index contributed by atoms with van der Waals surface area (Å²) < 4.78 is 0. The van der Waals surface area contributed by atoms with Crippen molar-refractivity contribution in [1.82, 2.24) is 14.7 Å². The molecule has 0 atom stereocenters. The van der Waals surface area contributed by atoms with Gasteiger partial charge >= 0.3 is 0 Å². The molecule has 4 heteroatoms. The molecule has 0 N–H and O–H groups in total. The zero-order valence-electron chi connectivity index (χ0n) is 14.6. The first-order chi connectivity index (χ1) is 9.77. The summed E-state index contributed by atoms with van der Waals surface area (Å²) in [6.07, 6.45) is 5.15. The normalized spacial score (nSPS) is 29.2. The molecule has 1 amide bonds. The van der Waals surface area contributed by atoms with E-state index in [4.69, 9.17) is 0 Å². The SMILES string of the molecule is CN1CCN(C2CCC(CN(C)C(C)(C)C)CC2)CC1=O. The first kappa shape index (κ1) is 16.8. The summed E-state index contributed by atoms with van der Waals surface area (Å²) in [7, 11) is 4.16. The summed E-state index contributed by atoms with van der Waals surface area (Å²) in [5, 5.41) is 0. The standard InChI is InChI=1S/C17H33N3O/c1-17(2,3)19(5)12-14-6-8-15(9-7-14)20-11-10-18(4)16(21)13-20/h14-15H,6-13H2,1-5H3. The molecule has 1 saturated carbocycles. The number of piperazine rings is 1. The van der Waals surface area contributed by atoms with Crippen molar-refractivity contribution in [2.45, 2.75) is 58.0 Å². The lowest BCUT2D eigenvalue weighted by Gasteiger charge is -2.42. The number of carbonyl (C=O) groups excluding carboxylic acids is 1. The fraction of sp³-hybridized carbons (Fsp3) is 0.941. The molecule has 0 aromatic carbocycles. The fourth-order valence-electron chi connectivity index (χ4n) is 3.44. The van der Waals surface area contributed by atoms with E-state index in [1.165, 1.54) is 32.2 Å². The molecule has 0 spiro atoms. The van der Waals surface area contributed by atoms with E-state index >= 15 is 0 Å². The number of hydrogen-bond donors (Lipinski definition) is 0. The van der Waals surface area contributed by atoms with Gasteiger partial charge in [-0.05, 0) is 59.4 Å². The van der Waals surface area contributed by atoms with Crippen molar-refractivity contribution in [1.29, 1.82) is 0 Å². The Morgan fingerprint density at radius 2 is 1.76 bits per heavy atom. The van der Waals surface area contributed by atoms with E-state index in [0.717, 1.165) is 19.0 Å². The van der Waals surface area contributed by atoms with Gasteiger partial charge in [0.2, 0.25) is 5.91 Å². The highest BCUT2D eigenvalue weighted by Crippen LogP contribution is 2.29. The maximum Gasteiger partial charge on any atom is 0.236 e. The third kappa shape index (κ3) is 4.43. The van der Waals surface area contributed by atoms with Gasteiger partial charge in [0.15, 0.2) is 0 Å². The molecule has 122 valence electrons. The number of amides is 1. The Balaban J connectivity index is 1.77. The van der Waals surface area contributed by atoms with E-state index in [0.29, 0.717) is 12.6 Å². The van der Waals surface area contributed by atoms with E-state index in [2.05, 4.69) is 37.6 Å². The van der Waals surface area contributed by atoms with Gasteiger partial charge in [0.25, 0.3) is 0 Å². The largest absolute Gasteiger partial charge is 0.343 e. The van der Waals surface area contributed by atoms with Gasteiger partial charge in [-0.1, -0.05) is 0 Å². The van der Waals surface area contributed by atoms with Gasteiger partial charge in [-0.2, -0.15) is 0 Å². The quantitative estimate of drug-likeness (QED) is 0.797. The molecule has 2 rings (SSSR count). The number of nitrogens with zero attached hydrogens (tertiary/aromatic N) is 3. The lowest BCUT2D eigenvalue weighted by atomic mass is 9.84. The van der Waals surface area contributed by atoms with Crippen LogP contribution < -0.4 is 0 Å². The molecule has 2 aliphatic rings. The molecule has 0 bridgehead atoms. The van der Waals surface area contributed by atoms with Crippen LogP contribution in [-0.2, 0) is 4.79 Å². The summed E-state index contributed by atoms with van der Waals surface area (Å²) in [6.45, 7) is 10.6. The number of likely N-dealkylation sites (N-methyl/N-ethyl adjacent to an activating group) is 1. The van der Waals surface area contributed by atoms with Crippen molar-refractivity contribution < 1.29 is 4.79 Å². The average Bonchev–Trinajstić information content (AvgIpc) is 2.42. The Morgan fingerprint density at radius 1 is 1.14 bits per heavy atom. The van der Waals surface area contributed by atoms with Gasteiger partial charge in [0, 0.05) is 38.3 Å². The average molecular weight is 295 g/mol.